The van der Waals surface area contributed by atoms with Crippen molar-refractivity contribution in [2.24, 2.45) is 0 Å². The number of esters is 1. The fraction of sp³-hybridized carbons (Fsp3) is 0.440. The highest BCUT2D eigenvalue weighted by atomic mass is 32.2. The third-order valence-corrected chi connectivity index (χ3v) is 8.04. The van der Waals surface area contributed by atoms with E-state index in [1.54, 1.807) is 12.1 Å². The van der Waals surface area contributed by atoms with Crippen LogP contribution >= 0.6 is 0 Å². The summed E-state index contributed by atoms with van der Waals surface area (Å²) in [6, 6.07) is 10.1. The Labute approximate surface area is 199 Å². The van der Waals surface area contributed by atoms with Crippen molar-refractivity contribution in [2.75, 3.05) is 13.1 Å². The number of hydrogen-bond donors (Lipinski definition) is 0. The van der Waals surface area contributed by atoms with Crippen molar-refractivity contribution in [3.8, 4) is 5.75 Å². The van der Waals surface area contributed by atoms with Gasteiger partial charge >= 0.3 is 11.7 Å². The molecule has 2 aromatic carbocycles. The monoisotopic (exact) mass is 486 g/mol. The summed E-state index contributed by atoms with van der Waals surface area (Å²) in [6.45, 7) is 9.28. The highest BCUT2D eigenvalue weighted by Gasteiger charge is 2.28. The zero-order chi connectivity index (χ0) is 24.7. The number of benzene rings is 2. The molecular formula is C25H30N2O6S. The van der Waals surface area contributed by atoms with Gasteiger partial charge in [-0.3, -0.25) is 9.36 Å². The first-order chi connectivity index (χ1) is 16.0. The summed E-state index contributed by atoms with van der Waals surface area (Å²) >= 11 is 0. The number of aromatic nitrogens is 1. The maximum absolute atomic E-state index is 12.8. The predicted molar refractivity (Wildman–Crippen MR) is 129 cm³/mol. The number of rotatable bonds is 6. The second kappa shape index (κ2) is 9.03. The van der Waals surface area contributed by atoms with E-state index in [1.807, 2.05) is 19.1 Å². The van der Waals surface area contributed by atoms with E-state index in [2.05, 4.69) is 20.8 Å². The van der Waals surface area contributed by atoms with Gasteiger partial charge < -0.3 is 9.15 Å². The summed E-state index contributed by atoms with van der Waals surface area (Å²) in [5.74, 6) is -0.635. The molecule has 4 rings (SSSR count). The highest BCUT2D eigenvalue weighted by Crippen LogP contribution is 2.28. The van der Waals surface area contributed by atoms with Crippen LogP contribution in [-0.4, -0.2) is 36.3 Å². The number of fused-ring (bicyclic) bond motifs is 1. The summed E-state index contributed by atoms with van der Waals surface area (Å²) in [5.41, 5.74) is 2.60. The van der Waals surface area contributed by atoms with Crippen LogP contribution in [0.4, 0.5) is 0 Å². The van der Waals surface area contributed by atoms with Crippen LogP contribution in [0.2, 0.25) is 0 Å². The molecule has 3 aromatic rings. The maximum Gasteiger partial charge on any atom is 0.419 e. The van der Waals surface area contributed by atoms with E-state index >= 15 is 0 Å². The molecule has 1 aliphatic rings. The van der Waals surface area contributed by atoms with E-state index in [0.717, 1.165) is 24.0 Å². The van der Waals surface area contributed by atoms with Gasteiger partial charge in [0.15, 0.2) is 5.58 Å². The lowest BCUT2D eigenvalue weighted by Crippen LogP contribution is -2.27. The lowest BCUT2D eigenvalue weighted by atomic mass is 9.86. The van der Waals surface area contributed by atoms with Crippen LogP contribution < -0.4 is 10.5 Å². The van der Waals surface area contributed by atoms with Crippen molar-refractivity contribution < 1.29 is 22.4 Å². The standard InChI is InChI=1S/C25H30N2O6S/c1-17-15-18(25(2,3)4)7-10-21(17)32-23(28)11-14-27-20-9-8-19(16-22(20)33-24(27)29)34(30,31)26-12-5-6-13-26/h7-10,15-16H,5-6,11-14H2,1-4H3. The molecule has 0 atom stereocenters. The number of nitrogens with zero attached hydrogens (tertiary/aromatic N) is 2. The lowest BCUT2D eigenvalue weighted by molar-refractivity contribution is -0.134. The number of oxazole rings is 1. The Morgan fingerprint density at radius 3 is 2.44 bits per heavy atom. The third kappa shape index (κ3) is 4.81. The first kappa shape index (κ1) is 24.2. The molecule has 1 aliphatic heterocycles. The van der Waals surface area contributed by atoms with Gasteiger partial charge in [-0.2, -0.15) is 4.31 Å². The molecule has 0 N–H and O–H groups in total. The Hall–Kier alpha value is -2.91. The lowest BCUT2D eigenvalue weighted by Gasteiger charge is -2.20. The summed E-state index contributed by atoms with van der Waals surface area (Å²) in [7, 11) is -3.62. The molecule has 1 fully saturated rings. The smallest absolute Gasteiger partial charge is 0.419 e. The average Bonchev–Trinajstić information content (AvgIpc) is 3.40. The predicted octanol–water partition coefficient (Wildman–Crippen LogP) is 3.98. The van der Waals surface area contributed by atoms with Crippen LogP contribution in [0.25, 0.3) is 11.1 Å². The number of carbonyl (C=O) groups is 1. The van der Waals surface area contributed by atoms with Crippen LogP contribution in [-0.2, 0) is 26.8 Å². The van der Waals surface area contributed by atoms with Crippen LogP contribution in [0.15, 0.2) is 50.5 Å². The van der Waals surface area contributed by atoms with Crippen molar-refractivity contribution in [3.05, 3.63) is 58.1 Å². The van der Waals surface area contributed by atoms with Gasteiger partial charge in [0.05, 0.1) is 16.8 Å². The van der Waals surface area contributed by atoms with Gasteiger partial charge in [0.2, 0.25) is 10.0 Å². The molecule has 0 saturated carbocycles. The molecule has 0 amide bonds. The molecule has 0 spiro atoms. The second-order valence-corrected chi connectivity index (χ2v) is 11.7. The van der Waals surface area contributed by atoms with Crippen molar-refractivity contribution in [3.63, 3.8) is 0 Å². The van der Waals surface area contributed by atoms with Crippen LogP contribution in [0.5, 0.6) is 5.75 Å². The molecule has 182 valence electrons. The van der Waals surface area contributed by atoms with Crippen molar-refractivity contribution >= 4 is 27.1 Å². The summed E-state index contributed by atoms with van der Waals surface area (Å²) < 4.78 is 39.2. The van der Waals surface area contributed by atoms with Crippen molar-refractivity contribution in [2.45, 2.75) is 63.8 Å². The Morgan fingerprint density at radius 2 is 1.79 bits per heavy atom. The molecule has 1 aromatic heterocycles. The first-order valence-electron chi connectivity index (χ1n) is 11.4. The number of carbonyl (C=O) groups excluding carboxylic acids is 1. The van der Waals surface area contributed by atoms with E-state index in [9.17, 15) is 18.0 Å². The molecule has 8 nitrogen and oxygen atoms in total. The molecule has 0 aliphatic carbocycles. The Balaban J connectivity index is 1.48. The van der Waals surface area contributed by atoms with Gasteiger partial charge in [-0.1, -0.05) is 32.9 Å². The molecule has 34 heavy (non-hydrogen) atoms. The van der Waals surface area contributed by atoms with Gasteiger partial charge in [0, 0.05) is 25.7 Å². The molecular weight excluding hydrogens is 456 g/mol. The number of aryl methyl sites for hydroxylation is 2. The Kier molecular flexibility index (Phi) is 6.44. The van der Waals surface area contributed by atoms with Gasteiger partial charge in [-0.25, -0.2) is 13.2 Å². The van der Waals surface area contributed by atoms with Gasteiger partial charge in [-0.15, -0.1) is 0 Å². The number of hydrogen-bond acceptors (Lipinski definition) is 6. The zero-order valence-corrected chi connectivity index (χ0v) is 20.8. The summed E-state index contributed by atoms with van der Waals surface area (Å²) in [5, 5.41) is 0. The molecule has 1 saturated heterocycles. The van der Waals surface area contributed by atoms with E-state index in [0.29, 0.717) is 24.4 Å². The molecule has 2 heterocycles. The van der Waals surface area contributed by atoms with E-state index in [4.69, 9.17) is 9.15 Å². The molecule has 0 radical (unpaired) electrons. The van der Waals surface area contributed by atoms with Gasteiger partial charge in [0.1, 0.15) is 5.75 Å². The third-order valence-electron chi connectivity index (χ3n) is 6.15. The first-order valence-corrected chi connectivity index (χ1v) is 12.9. The normalized spacial score (nSPS) is 15.2. The fourth-order valence-corrected chi connectivity index (χ4v) is 5.64. The number of ether oxygens (including phenoxy) is 1. The summed E-state index contributed by atoms with van der Waals surface area (Å²) in [4.78, 5) is 25.0. The fourth-order valence-electron chi connectivity index (χ4n) is 4.10. The topological polar surface area (TPSA) is 98.8 Å². The minimum absolute atomic E-state index is 0.00945. The average molecular weight is 487 g/mol. The molecule has 9 heteroatoms. The summed E-state index contributed by atoms with van der Waals surface area (Å²) in [6.07, 6.45) is 1.63. The second-order valence-electron chi connectivity index (χ2n) is 9.71. The van der Waals surface area contributed by atoms with E-state index in [1.165, 1.54) is 21.0 Å². The largest absolute Gasteiger partial charge is 0.426 e. The Morgan fingerprint density at radius 1 is 1.09 bits per heavy atom. The molecule has 0 bridgehead atoms. The van der Waals surface area contributed by atoms with Crippen LogP contribution in [0, 0.1) is 6.92 Å². The van der Waals surface area contributed by atoms with E-state index < -0.39 is 21.7 Å². The van der Waals surface area contributed by atoms with Crippen LogP contribution in [0.3, 0.4) is 0 Å². The number of sulfonamides is 1. The maximum atomic E-state index is 12.8. The minimum Gasteiger partial charge on any atom is -0.426 e. The highest BCUT2D eigenvalue weighted by molar-refractivity contribution is 7.89. The SMILES string of the molecule is Cc1cc(C(C)(C)C)ccc1OC(=O)CCn1c(=O)oc2cc(S(=O)(=O)N3CCCC3)ccc21. The van der Waals surface area contributed by atoms with Gasteiger partial charge in [-0.05, 0) is 54.5 Å². The minimum atomic E-state index is -3.62. The van der Waals surface area contributed by atoms with Crippen LogP contribution in [0.1, 0.15) is 51.2 Å². The van der Waals surface area contributed by atoms with Crippen molar-refractivity contribution in [1.29, 1.82) is 0 Å². The quantitative estimate of drug-likeness (QED) is 0.386. The van der Waals surface area contributed by atoms with E-state index in [-0.39, 0.29) is 28.9 Å². The molecule has 0 unspecified atom stereocenters. The Bertz CT molecular complexity index is 1390. The van der Waals surface area contributed by atoms with Gasteiger partial charge in [0.25, 0.3) is 0 Å². The van der Waals surface area contributed by atoms with Crippen molar-refractivity contribution in [1.82, 2.24) is 8.87 Å². The zero-order valence-electron chi connectivity index (χ0n) is 20.0.